The predicted molar refractivity (Wildman–Crippen MR) is 76.9 cm³/mol. The molecule has 18 heavy (non-hydrogen) atoms. The van der Waals surface area contributed by atoms with Crippen molar-refractivity contribution < 1.29 is 0 Å². The van der Waals surface area contributed by atoms with Crippen molar-refractivity contribution in [3.8, 4) is 0 Å². The third kappa shape index (κ3) is 2.05. The highest BCUT2D eigenvalue weighted by atomic mass is 35.5. The smallest absolute Gasteiger partial charge is 0.224 e. The van der Waals surface area contributed by atoms with E-state index in [1.807, 2.05) is 29.6 Å². The van der Waals surface area contributed by atoms with Gasteiger partial charge in [0.25, 0.3) is 0 Å². The number of halogens is 1. The lowest BCUT2D eigenvalue weighted by Gasteiger charge is -2.09. The first-order valence-corrected chi connectivity index (χ1v) is 6.73. The molecule has 2 heterocycles. The fraction of sp³-hybridized carbons (Fsp3) is 0.0769. The highest BCUT2D eigenvalue weighted by Gasteiger charge is 2.08. The molecule has 0 aliphatic carbocycles. The van der Waals surface area contributed by atoms with Crippen LogP contribution in [0.3, 0.4) is 0 Å². The molecule has 3 nitrogen and oxygen atoms in total. The summed E-state index contributed by atoms with van der Waals surface area (Å²) >= 11 is 7.53. The molecular weight excluding hydrogens is 266 g/mol. The molecule has 0 aliphatic rings. The van der Waals surface area contributed by atoms with Crippen LogP contribution >= 0.6 is 22.9 Å². The first kappa shape index (κ1) is 11.4. The fourth-order valence-electron chi connectivity index (χ4n) is 1.76. The number of fused-ring (bicyclic) bond motifs is 1. The summed E-state index contributed by atoms with van der Waals surface area (Å²) in [7, 11) is 0. The highest BCUT2D eigenvalue weighted by molar-refractivity contribution is 7.17. The van der Waals surface area contributed by atoms with E-state index in [1.54, 1.807) is 11.3 Å². The lowest BCUT2D eigenvalue weighted by molar-refractivity contribution is 1.22. The van der Waals surface area contributed by atoms with E-state index < -0.39 is 0 Å². The lowest BCUT2D eigenvalue weighted by atomic mass is 10.2. The number of hydrogen-bond donors (Lipinski definition) is 1. The summed E-state index contributed by atoms with van der Waals surface area (Å²) in [5.41, 5.74) is 3.06. The largest absolute Gasteiger partial charge is 0.339 e. The molecule has 0 spiro atoms. The van der Waals surface area contributed by atoms with Gasteiger partial charge in [0.1, 0.15) is 0 Å². The van der Waals surface area contributed by atoms with Crippen LogP contribution < -0.4 is 5.32 Å². The highest BCUT2D eigenvalue weighted by Crippen LogP contribution is 2.30. The van der Waals surface area contributed by atoms with Crippen molar-refractivity contribution in [1.29, 1.82) is 0 Å². The molecule has 2 aromatic heterocycles. The van der Waals surface area contributed by atoms with E-state index in [1.165, 1.54) is 0 Å². The SMILES string of the molecule is Cc1ccccc1Nc1nc(Cl)nc2ccsc12. The van der Waals surface area contributed by atoms with Crippen molar-refractivity contribution in [2.45, 2.75) is 6.92 Å². The lowest BCUT2D eigenvalue weighted by Crippen LogP contribution is -1.97. The summed E-state index contributed by atoms with van der Waals surface area (Å²) in [6.07, 6.45) is 0. The van der Waals surface area contributed by atoms with Crippen molar-refractivity contribution in [2.75, 3.05) is 5.32 Å². The Balaban J connectivity index is 2.10. The van der Waals surface area contributed by atoms with Gasteiger partial charge in [-0.25, -0.2) is 4.98 Å². The molecule has 0 radical (unpaired) electrons. The molecule has 1 aromatic carbocycles. The van der Waals surface area contributed by atoms with Crippen molar-refractivity contribution >= 4 is 44.7 Å². The number of nitrogens with one attached hydrogen (secondary N) is 1. The van der Waals surface area contributed by atoms with Gasteiger partial charge in [0.15, 0.2) is 5.82 Å². The normalized spacial score (nSPS) is 10.8. The minimum atomic E-state index is 0.261. The monoisotopic (exact) mass is 275 g/mol. The maximum absolute atomic E-state index is 5.93. The topological polar surface area (TPSA) is 37.8 Å². The first-order chi connectivity index (χ1) is 8.74. The van der Waals surface area contributed by atoms with Crippen LogP contribution in [-0.4, -0.2) is 9.97 Å². The van der Waals surface area contributed by atoms with Gasteiger partial charge < -0.3 is 5.32 Å². The van der Waals surface area contributed by atoms with Crippen LogP contribution in [0.1, 0.15) is 5.56 Å². The maximum atomic E-state index is 5.93. The molecule has 0 fully saturated rings. The Morgan fingerprint density at radius 2 is 2.00 bits per heavy atom. The number of rotatable bonds is 2. The van der Waals surface area contributed by atoms with Crippen molar-refractivity contribution in [3.63, 3.8) is 0 Å². The third-order valence-electron chi connectivity index (χ3n) is 2.67. The predicted octanol–water partition coefficient (Wildman–Crippen LogP) is 4.40. The molecule has 0 saturated heterocycles. The quantitative estimate of drug-likeness (QED) is 0.705. The maximum Gasteiger partial charge on any atom is 0.224 e. The van der Waals surface area contributed by atoms with E-state index in [-0.39, 0.29) is 5.28 Å². The van der Waals surface area contributed by atoms with Gasteiger partial charge in [-0.1, -0.05) is 18.2 Å². The summed E-state index contributed by atoms with van der Waals surface area (Å²) < 4.78 is 1.02. The Kier molecular flexibility index (Phi) is 2.89. The van der Waals surface area contributed by atoms with E-state index in [4.69, 9.17) is 11.6 Å². The fourth-order valence-corrected chi connectivity index (χ4v) is 2.71. The van der Waals surface area contributed by atoms with Crippen LogP contribution in [0.4, 0.5) is 11.5 Å². The first-order valence-electron chi connectivity index (χ1n) is 5.47. The summed E-state index contributed by atoms with van der Waals surface area (Å²) in [5, 5.41) is 5.56. The molecule has 1 N–H and O–H groups in total. The van der Waals surface area contributed by atoms with E-state index in [9.17, 15) is 0 Å². The second-order valence-corrected chi connectivity index (χ2v) is 5.17. The Labute approximate surface area is 113 Å². The zero-order valence-electron chi connectivity index (χ0n) is 9.64. The minimum absolute atomic E-state index is 0.261. The van der Waals surface area contributed by atoms with E-state index >= 15 is 0 Å². The van der Waals surface area contributed by atoms with Crippen LogP contribution in [-0.2, 0) is 0 Å². The molecular formula is C13H10ClN3S. The molecule has 90 valence electrons. The van der Waals surface area contributed by atoms with Crippen molar-refractivity contribution in [1.82, 2.24) is 9.97 Å². The number of aromatic nitrogens is 2. The van der Waals surface area contributed by atoms with Gasteiger partial charge in [-0.05, 0) is 41.6 Å². The molecule has 0 bridgehead atoms. The van der Waals surface area contributed by atoms with Gasteiger partial charge in [-0.15, -0.1) is 11.3 Å². The number of nitrogens with zero attached hydrogens (tertiary/aromatic N) is 2. The van der Waals surface area contributed by atoms with Gasteiger partial charge in [-0.2, -0.15) is 4.98 Å². The Bertz CT molecular complexity index is 708. The molecule has 0 unspecified atom stereocenters. The van der Waals surface area contributed by atoms with Crippen molar-refractivity contribution in [2.24, 2.45) is 0 Å². The average Bonchev–Trinajstić information content (AvgIpc) is 2.80. The Hall–Kier alpha value is -1.65. The van der Waals surface area contributed by atoms with Gasteiger partial charge in [0.05, 0.1) is 10.2 Å². The van der Waals surface area contributed by atoms with Crippen LogP contribution in [0, 0.1) is 6.92 Å². The number of para-hydroxylation sites is 1. The standard InChI is InChI=1S/C13H10ClN3S/c1-8-4-2-3-5-9(8)15-12-11-10(6-7-18-11)16-13(14)17-12/h2-7H,1H3,(H,15,16,17). The van der Waals surface area contributed by atoms with Crippen LogP contribution in [0.2, 0.25) is 5.28 Å². The van der Waals surface area contributed by atoms with Crippen LogP contribution in [0.5, 0.6) is 0 Å². The summed E-state index contributed by atoms with van der Waals surface area (Å²) in [4.78, 5) is 8.45. The molecule has 3 rings (SSSR count). The Morgan fingerprint density at radius 3 is 2.83 bits per heavy atom. The summed E-state index contributed by atoms with van der Waals surface area (Å²) in [6.45, 7) is 2.05. The zero-order valence-corrected chi connectivity index (χ0v) is 11.2. The van der Waals surface area contributed by atoms with E-state index in [0.29, 0.717) is 0 Å². The average molecular weight is 276 g/mol. The van der Waals surface area contributed by atoms with Gasteiger partial charge in [0.2, 0.25) is 5.28 Å². The van der Waals surface area contributed by atoms with E-state index in [0.717, 1.165) is 27.3 Å². The van der Waals surface area contributed by atoms with Gasteiger partial charge >= 0.3 is 0 Å². The van der Waals surface area contributed by atoms with Crippen LogP contribution in [0.25, 0.3) is 10.2 Å². The zero-order chi connectivity index (χ0) is 12.5. The van der Waals surface area contributed by atoms with Crippen LogP contribution in [0.15, 0.2) is 35.7 Å². The molecule has 0 aliphatic heterocycles. The second kappa shape index (κ2) is 4.55. The molecule has 0 saturated carbocycles. The van der Waals surface area contributed by atoms with Gasteiger partial charge in [0, 0.05) is 5.69 Å². The summed E-state index contributed by atoms with van der Waals surface area (Å²) in [6, 6.07) is 10.0. The molecule has 3 aromatic rings. The third-order valence-corrected chi connectivity index (χ3v) is 3.75. The number of aryl methyl sites for hydroxylation is 1. The summed E-state index contributed by atoms with van der Waals surface area (Å²) in [5.74, 6) is 0.759. The minimum Gasteiger partial charge on any atom is -0.339 e. The number of hydrogen-bond acceptors (Lipinski definition) is 4. The molecule has 5 heteroatoms. The van der Waals surface area contributed by atoms with Crippen molar-refractivity contribution in [3.05, 3.63) is 46.6 Å². The number of anilines is 2. The molecule has 0 atom stereocenters. The van der Waals surface area contributed by atoms with E-state index in [2.05, 4.69) is 28.3 Å². The number of benzene rings is 1. The number of thiophene rings is 1. The Morgan fingerprint density at radius 1 is 1.17 bits per heavy atom. The molecule has 0 amide bonds. The second-order valence-electron chi connectivity index (χ2n) is 3.92. The van der Waals surface area contributed by atoms with Gasteiger partial charge in [-0.3, -0.25) is 0 Å².